The number of nitrogens with one attached hydrogen (secondary N) is 2. The summed E-state index contributed by atoms with van der Waals surface area (Å²) in [5.74, 6) is 0.471. The quantitative estimate of drug-likeness (QED) is 0.396. The summed E-state index contributed by atoms with van der Waals surface area (Å²) in [6.07, 6.45) is 1.56. The Labute approximate surface area is 206 Å². The highest BCUT2D eigenvalue weighted by atomic mass is 79.9. The summed E-state index contributed by atoms with van der Waals surface area (Å²) < 4.78 is 16.6. The number of anilines is 1. The molecule has 0 aromatic heterocycles. The van der Waals surface area contributed by atoms with Crippen LogP contribution in [0.4, 0.5) is 5.69 Å². The van der Waals surface area contributed by atoms with Crippen molar-refractivity contribution >= 4 is 39.5 Å². The fourth-order valence-electron chi connectivity index (χ4n) is 3.18. The fraction of sp³-hybridized carbons (Fsp3) is 0.154. The van der Waals surface area contributed by atoms with Crippen molar-refractivity contribution in [3.05, 3.63) is 87.5 Å². The summed E-state index contributed by atoms with van der Waals surface area (Å²) in [6.45, 7) is 1.95. The summed E-state index contributed by atoms with van der Waals surface area (Å²) in [7, 11) is 4.54. The summed E-state index contributed by atoms with van der Waals surface area (Å²) in [6, 6.07) is 17.5. The van der Waals surface area contributed by atoms with Crippen molar-refractivity contribution < 1.29 is 23.8 Å². The van der Waals surface area contributed by atoms with Crippen molar-refractivity contribution in [2.75, 3.05) is 26.6 Å². The second-order valence-corrected chi connectivity index (χ2v) is 8.12. The summed E-state index contributed by atoms with van der Waals surface area (Å²) in [5, 5.41) is 5.55. The van der Waals surface area contributed by atoms with Gasteiger partial charge in [0.1, 0.15) is 11.4 Å². The number of hydrogen-bond donors (Lipinski definition) is 2. The Morgan fingerprint density at radius 2 is 1.56 bits per heavy atom. The molecule has 2 amide bonds. The van der Waals surface area contributed by atoms with E-state index in [-0.39, 0.29) is 5.70 Å². The maximum atomic E-state index is 13.2. The number of aryl methyl sites for hydroxylation is 1. The minimum Gasteiger partial charge on any atom is -0.496 e. The van der Waals surface area contributed by atoms with Crippen LogP contribution in [0, 0.1) is 6.92 Å². The minimum absolute atomic E-state index is 0.0387. The molecule has 0 aliphatic heterocycles. The number of amides is 2. The first-order valence-corrected chi connectivity index (χ1v) is 11.1. The van der Waals surface area contributed by atoms with Crippen molar-refractivity contribution in [3.63, 3.8) is 0 Å². The standard InChI is InChI=1S/C26H25BrN2O5/c1-16-9-11-20(19(27)13-16)28-26(31)21(14-17-7-5-6-8-22(17)32-2)29-25(30)18-10-12-23(33-3)24(15-18)34-4/h5-15H,1-4H3,(H,28,31)(H,29,30)/b21-14-. The zero-order valence-electron chi connectivity index (χ0n) is 19.3. The number of halogens is 1. The predicted octanol–water partition coefficient (Wildman–Crippen LogP) is 5.19. The lowest BCUT2D eigenvalue weighted by Crippen LogP contribution is -2.30. The number of benzene rings is 3. The van der Waals surface area contributed by atoms with E-state index in [1.165, 1.54) is 21.3 Å². The van der Waals surface area contributed by atoms with Crippen LogP contribution in [0.3, 0.4) is 0 Å². The number of carbonyl (C=O) groups excluding carboxylic acids is 2. The Balaban J connectivity index is 1.97. The van der Waals surface area contributed by atoms with Gasteiger partial charge in [-0.05, 0) is 70.9 Å². The van der Waals surface area contributed by atoms with E-state index in [2.05, 4.69) is 26.6 Å². The monoisotopic (exact) mass is 524 g/mol. The van der Waals surface area contributed by atoms with Gasteiger partial charge in [-0.2, -0.15) is 0 Å². The topological polar surface area (TPSA) is 85.9 Å². The maximum absolute atomic E-state index is 13.2. The predicted molar refractivity (Wildman–Crippen MR) is 135 cm³/mol. The third-order valence-corrected chi connectivity index (χ3v) is 5.61. The highest BCUT2D eigenvalue weighted by Gasteiger charge is 2.18. The van der Waals surface area contributed by atoms with Crippen LogP contribution >= 0.6 is 15.9 Å². The van der Waals surface area contributed by atoms with Crippen LogP contribution in [0.2, 0.25) is 0 Å². The van der Waals surface area contributed by atoms with Crippen LogP contribution in [0.25, 0.3) is 6.08 Å². The smallest absolute Gasteiger partial charge is 0.272 e. The Morgan fingerprint density at radius 1 is 0.853 bits per heavy atom. The molecular formula is C26H25BrN2O5. The molecule has 0 bridgehead atoms. The van der Waals surface area contributed by atoms with Crippen molar-refractivity contribution in [1.29, 1.82) is 0 Å². The van der Waals surface area contributed by atoms with Gasteiger partial charge in [-0.15, -0.1) is 0 Å². The van der Waals surface area contributed by atoms with E-state index in [0.29, 0.717) is 34.1 Å². The third kappa shape index (κ3) is 5.96. The molecular weight excluding hydrogens is 500 g/mol. The average molecular weight is 525 g/mol. The van der Waals surface area contributed by atoms with Gasteiger partial charge in [0, 0.05) is 15.6 Å². The zero-order valence-corrected chi connectivity index (χ0v) is 20.9. The first kappa shape index (κ1) is 24.9. The summed E-state index contributed by atoms with van der Waals surface area (Å²) in [5.41, 5.74) is 2.58. The molecule has 3 aromatic rings. The lowest BCUT2D eigenvalue weighted by Gasteiger charge is -2.14. The highest BCUT2D eigenvalue weighted by molar-refractivity contribution is 9.10. The van der Waals surface area contributed by atoms with Crippen LogP contribution in [-0.2, 0) is 4.79 Å². The first-order valence-electron chi connectivity index (χ1n) is 10.3. The molecule has 0 saturated carbocycles. The average Bonchev–Trinajstić information content (AvgIpc) is 2.84. The molecule has 0 aliphatic carbocycles. The molecule has 0 atom stereocenters. The molecule has 0 heterocycles. The Morgan fingerprint density at radius 3 is 2.24 bits per heavy atom. The number of methoxy groups -OCH3 is 3. The van der Waals surface area contributed by atoms with Crippen LogP contribution in [0.1, 0.15) is 21.5 Å². The number of para-hydroxylation sites is 1. The Bertz CT molecular complexity index is 1240. The molecule has 0 saturated heterocycles. The van der Waals surface area contributed by atoms with Crippen molar-refractivity contribution in [1.82, 2.24) is 5.32 Å². The van der Waals surface area contributed by atoms with Gasteiger partial charge in [-0.3, -0.25) is 9.59 Å². The molecule has 2 N–H and O–H groups in total. The van der Waals surface area contributed by atoms with E-state index >= 15 is 0 Å². The van der Waals surface area contributed by atoms with Gasteiger partial charge < -0.3 is 24.8 Å². The SMILES string of the molecule is COc1ccccc1/C=C(\NC(=O)c1ccc(OC)c(OC)c1)C(=O)Nc1ccc(C)cc1Br. The Kier molecular flexibility index (Phi) is 8.32. The van der Waals surface area contributed by atoms with E-state index in [4.69, 9.17) is 14.2 Å². The van der Waals surface area contributed by atoms with E-state index in [0.717, 1.165) is 10.0 Å². The second-order valence-electron chi connectivity index (χ2n) is 7.26. The molecule has 0 spiro atoms. The van der Waals surface area contributed by atoms with Gasteiger partial charge in [0.15, 0.2) is 11.5 Å². The third-order valence-electron chi connectivity index (χ3n) is 4.95. The van der Waals surface area contributed by atoms with Gasteiger partial charge in [-0.1, -0.05) is 24.3 Å². The van der Waals surface area contributed by atoms with Crippen molar-refractivity contribution in [2.24, 2.45) is 0 Å². The van der Waals surface area contributed by atoms with Gasteiger partial charge >= 0.3 is 0 Å². The molecule has 176 valence electrons. The van der Waals surface area contributed by atoms with Gasteiger partial charge in [0.2, 0.25) is 0 Å². The molecule has 0 aliphatic rings. The second kappa shape index (κ2) is 11.4. The van der Waals surface area contributed by atoms with Crippen LogP contribution in [0.15, 0.2) is 70.8 Å². The van der Waals surface area contributed by atoms with E-state index < -0.39 is 11.8 Å². The van der Waals surface area contributed by atoms with E-state index in [1.807, 2.05) is 31.2 Å². The molecule has 0 unspecified atom stereocenters. The molecule has 0 radical (unpaired) electrons. The lowest BCUT2D eigenvalue weighted by atomic mass is 10.1. The van der Waals surface area contributed by atoms with Gasteiger partial charge in [0.25, 0.3) is 11.8 Å². The zero-order chi connectivity index (χ0) is 24.7. The number of carbonyl (C=O) groups is 2. The fourth-order valence-corrected chi connectivity index (χ4v) is 3.78. The van der Waals surface area contributed by atoms with Crippen molar-refractivity contribution in [3.8, 4) is 17.2 Å². The summed E-state index contributed by atoms with van der Waals surface area (Å²) >= 11 is 3.46. The van der Waals surface area contributed by atoms with E-state index in [9.17, 15) is 9.59 Å². The highest BCUT2D eigenvalue weighted by Crippen LogP contribution is 2.28. The van der Waals surface area contributed by atoms with Crippen molar-refractivity contribution in [2.45, 2.75) is 6.92 Å². The Hall–Kier alpha value is -3.78. The normalized spacial score (nSPS) is 10.9. The number of hydrogen-bond acceptors (Lipinski definition) is 5. The minimum atomic E-state index is -0.496. The van der Waals surface area contributed by atoms with Crippen LogP contribution < -0.4 is 24.8 Å². The lowest BCUT2D eigenvalue weighted by molar-refractivity contribution is -0.113. The molecule has 7 nitrogen and oxygen atoms in total. The molecule has 34 heavy (non-hydrogen) atoms. The molecule has 3 rings (SSSR count). The van der Waals surface area contributed by atoms with Gasteiger partial charge in [-0.25, -0.2) is 0 Å². The first-order chi connectivity index (χ1) is 16.4. The summed E-state index contributed by atoms with van der Waals surface area (Å²) in [4.78, 5) is 26.3. The molecule has 3 aromatic carbocycles. The molecule has 0 fully saturated rings. The van der Waals surface area contributed by atoms with E-state index in [1.54, 1.807) is 42.5 Å². The largest absolute Gasteiger partial charge is 0.496 e. The van der Waals surface area contributed by atoms with Gasteiger partial charge in [0.05, 0.1) is 27.0 Å². The molecule has 8 heteroatoms. The maximum Gasteiger partial charge on any atom is 0.272 e. The number of ether oxygens (including phenoxy) is 3. The number of rotatable bonds is 8. The van der Waals surface area contributed by atoms with Crippen LogP contribution in [-0.4, -0.2) is 33.1 Å². The van der Waals surface area contributed by atoms with Crippen LogP contribution in [0.5, 0.6) is 17.2 Å².